The molecule has 8 nitrogen and oxygen atoms in total. The first kappa shape index (κ1) is 15.6. The van der Waals surface area contributed by atoms with Crippen LogP contribution in [0.1, 0.15) is 37.3 Å². The number of aliphatic hydroxyl groups is 1. The van der Waals surface area contributed by atoms with E-state index in [1.165, 1.54) is 6.26 Å². The van der Waals surface area contributed by atoms with Crippen LogP contribution in [0.2, 0.25) is 0 Å². The molecule has 2 aromatic heterocycles. The first-order valence-electron chi connectivity index (χ1n) is 6.76. The number of anilines is 1. The van der Waals surface area contributed by atoms with Crippen LogP contribution in [-0.4, -0.2) is 27.5 Å². The van der Waals surface area contributed by atoms with Crippen LogP contribution in [0, 0.1) is 11.3 Å². The van der Waals surface area contributed by atoms with Crippen LogP contribution in [0.3, 0.4) is 0 Å². The van der Waals surface area contributed by atoms with E-state index >= 15 is 0 Å². The van der Waals surface area contributed by atoms with Gasteiger partial charge in [-0.3, -0.25) is 10.00 Å². The van der Waals surface area contributed by atoms with Gasteiger partial charge in [0.25, 0.3) is 0 Å². The minimum Gasteiger partial charge on any atom is -0.467 e. The van der Waals surface area contributed by atoms with Crippen molar-refractivity contribution < 1.29 is 14.3 Å². The molecule has 0 fully saturated rings. The van der Waals surface area contributed by atoms with E-state index in [9.17, 15) is 9.90 Å². The molecule has 0 aliphatic carbocycles. The van der Waals surface area contributed by atoms with Crippen molar-refractivity contribution in [3.8, 4) is 6.07 Å². The fraction of sp³-hybridized carbons (Fsp3) is 0.357. The van der Waals surface area contributed by atoms with Crippen LogP contribution in [0.4, 0.5) is 10.6 Å². The van der Waals surface area contributed by atoms with Crippen LogP contribution >= 0.6 is 0 Å². The number of aromatic nitrogens is 2. The Kier molecular flexibility index (Phi) is 4.80. The van der Waals surface area contributed by atoms with Gasteiger partial charge in [-0.25, -0.2) is 4.79 Å². The number of carbonyl (C=O) groups is 1. The molecule has 2 rings (SSSR count). The van der Waals surface area contributed by atoms with E-state index in [1.54, 1.807) is 23.0 Å². The minimum atomic E-state index is -0.940. The van der Waals surface area contributed by atoms with Crippen LogP contribution in [-0.2, 0) is 0 Å². The van der Waals surface area contributed by atoms with Crippen LogP contribution in [0.25, 0.3) is 0 Å². The van der Waals surface area contributed by atoms with Crippen molar-refractivity contribution >= 4 is 11.8 Å². The molecule has 3 N–H and O–H groups in total. The second-order valence-corrected chi connectivity index (χ2v) is 4.94. The van der Waals surface area contributed by atoms with E-state index in [2.05, 4.69) is 15.7 Å². The molecule has 0 aliphatic rings. The van der Waals surface area contributed by atoms with Gasteiger partial charge in [0.2, 0.25) is 0 Å². The molecule has 2 heterocycles. The van der Waals surface area contributed by atoms with Gasteiger partial charge in [0.15, 0.2) is 5.82 Å². The number of nitriles is 1. The van der Waals surface area contributed by atoms with E-state index in [1.807, 2.05) is 19.9 Å². The molecule has 2 amide bonds. The highest BCUT2D eigenvalue weighted by Crippen LogP contribution is 2.15. The smallest absolute Gasteiger partial charge is 0.320 e. The van der Waals surface area contributed by atoms with Gasteiger partial charge in [0, 0.05) is 12.2 Å². The van der Waals surface area contributed by atoms with E-state index in [0.29, 0.717) is 5.76 Å². The van der Waals surface area contributed by atoms with Gasteiger partial charge in [-0.1, -0.05) is 0 Å². The molecule has 0 saturated heterocycles. The second-order valence-electron chi connectivity index (χ2n) is 4.94. The lowest BCUT2D eigenvalue weighted by Crippen LogP contribution is -2.32. The Labute approximate surface area is 127 Å². The van der Waals surface area contributed by atoms with Crippen molar-refractivity contribution in [1.82, 2.24) is 15.1 Å². The van der Waals surface area contributed by atoms with Crippen molar-refractivity contribution in [2.45, 2.75) is 26.0 Å². The molecule has 1 atom stereocenters. The SMILES string of the molecule is CC(C)n1cc(C#N)c(NC(=O)NCC(O)c2ccco2)n1. The molecule has 116 valence electrons. The number of nitrogens with zero attached hydrogens (tertiary/aromatic N) is 3. The number of urea groups is 1. The van der Waals surface area contributed by atoms with E-state index in [0.717, 1.165) is 0 Å². The molecule has 0 aromatic carbocycles. The summed E-state index contributed by atoms with van der Waals surface area (Å²) >= 11 is 0. The molecule has 0 spiro atoms. The van der Waals surface area contributed by atoms with Gasteiger partial charge in [-0.15, -0.1) is 0 Å². The quantitative estimate of drug-likeness (QED) is 0.778. The summed E-state index contributed by atoms with van der Waals surface area (Å²) in [5.41, 5.74) is 0.274. The summed E-state index contributed by atoms with van der Waals surface area (Å²) in [6.07, 6.45) is 2.07. The maximum absolute atomic E-state index is 11.8. The number of carbonyl (C=O) groups excluding carboxylic acids is 1. The molecule has 8 heteroatoms. The van der Waals surface area contributed by atoms with Crippen molar-refractivity contribution in [2.75, 3.05) is 11.9 Å². The van der Waals surface area contributed by atoms with Gasteiger partial charge in [-0.05, 0) is 26.0 Å². The number of hydrogen-bond acceptors (Lipinski definition) is 5. The Balaban J connectivity index is 1.93. The predicted molar refractivity (Wildman–Crippen MR) is 78.0 cm³/mol. The summed E-state index contributed by atoms with van der Waals surface area (Å²) in [5, 5.41) is 28.0. The Morgan fingerprint density at radius 2 is 2.36 bits per heavy atom. The Bertz CT molecular complexity index is 669. The maximum Gasteiger partial charge on any atom is 0.320 e. The maximum atomic E-state index is 11.8. The van der Waals surface area contributed by atoms with Gasteiger partial charge < -0.3 is 14.8 Å². The predicted octanol–water partition coefficient (Wildman–Crippen LogP) is 1.78. The third-order valence-electron chi connectivity index (χ3n) is 2.94. The molecule has 22 heavy (non-hydrogen) atoms. The van der Waals surface area contributed by atoms with Gasteiger partial charge in [-0.2, -0.15) is 10.4 Å². The van der Waals surface area contributed by atoms with Crippen molar-refractivity contribution in [2.24, 2.45) is 0 Å². The summed E-state index contributed by atoms with van der Waals surface area (Å²) in [6, 6.07) is 4.75. The zero-order valence-electron chi connectivity index (χ0n) is 12.3. The number of hydrogen-bond donors (Lipinski definition) is 3. The van der Waals surface area contributed by atoms with E-state index in [4.69, 9.17) is 9.68 Å². The van der Waals surface area contributed by atoms with Gasteiger partial charge in [0.05, 0.1) is 12.8 Å². The molecular weight excluding hydrogens is 286 g/mol. The lowest BCUT2D eigenvalue weighted by molar-refractivity contribution is 0.149. The van der Waals surface area contributed by atoms with Crippen molar-refractivity contribution in [3.05, 3.63) is 35.9 Å². The number of rotatable bonds is 5. The third kappa shape index (κ3) is 3.65. The van der Waals surface area contributed by atoms with Crippen LogP contribution in [0.5, 0.6) is 0 Å². The van der Waals surface area contributed by atoms with Crippen molar-refractivity contribution in [3.63, 3.8) is 0 Å². The molecule has 0 radical (unpaired) electrons. The monoisotopic (exact) mass is 303 g/mol. The number of furan rings is 1. The highest BCUT2D eigenvalue weighted by atomic mass is 16.4. The number of nitrogens with one attached hydrogen (secondary N) is 2. The van der Waals surface area contributed by atoms with Gasteiger partial charge >= 0.3 is 6.03 Å². The molecule has 0 aliphatic heterocycles. The lowest BCUT2D eigenvalue weighted by atomic mass is 10.3. The fourth-order valence-corrected chi connectivity index (χ4v) is 1.75. The molecule has 1 unspecified atom stereocenters. The summed E-state index contributed by atoms with van der Waals surface area (Å²) < 4.78 is 6.62. The highest BCUT2D eigenvalue weighted by Gasteiger charge is 2.15. The third-order valence-corrected chi connectivity index (χ3v) is 2.94. The fourth-order valence-electron chi connectivity index (χ4n) is 1.75. The largest absolute Gasteiger partial charge is 0.467 e. The van der Waals surface area contributed by atoms with Gasteiger partial charge in [0.1, 0.15) is 23.5 Å². The molecule has 0 bridgehead atoms. The van der Waals surface area contributed by atoms with Crippen molar-refractivity contribution in [1.29, 1.82) is 5.26 Å². The Hall–Kier alpha value is -2.79. The number of amides is 2. The summed E-state index contributed by atoms with van der Waals surface area (Å²) in [7, 11) is 0. The lowest BCUT2D eigenvalue weighted by Gasteiger charge is -2.10. The summed E-state index contributed by atoms with van der Waals surface area (Å²) in [5.74, 6) is 0.545. The first-order valence-corrected chi connectivity index (χ1v) is 6.76. The zero-order valence-corrected chi connectivity index (χ0v) is 12.3. The molecule has 2 aromatic rings. The van der Waals surface area contributed by atoms with E-state index in [-0.39, 0.29) is 24.0 Å². The van der Waals surface area contributed by atoms with Crippen LogP contribution < -0.4 is 10.6 Å². The standard InChI is InChI=1S/C14H17N5O3/c1-9(2)19-8-10(6-15)13(18-19)17-14(21)16-7-11(20)12-4-3-5-22-12/h3-5,8-9,11,20H,7H2,1-2H3,(H2,16,17,18,21). The van der Waals surface area contributed by atoms with E-state index < -0.39 is 12.1 Å². The average molecular weight is 303 g/mol. The highest BCUT2D eigenvalue weighted by molar-refractivity contribution is 5.89. The Morgan fingerprint density at radius 1 is 1.59 bits per heavy atom. The first-order chi connectivity index (χ1) is 10.5. The number of aliphatic hydroxyl groups excluding tert-OH is 1. The minimum absolute atomic E-state index is 0.0217. The Morgan fingerprint density at radius 3 is 2.95 bits per heavy atom. The molecule has 0 saturated carbocycles. The normalized spacial score (nSPS) is 12.0. The topological polar surface area (TPSA) is 116 Å². The molecular formula is C14H17N5O3. The summed E-state index contributed by atoms with van der Waals surface area (Å²) in [6.45, 7) is 3.81. The summed E-state index contributed by atoms with van der Waals surface area (Å²) in [4.78, 5) is 11.8. The average Bonchev–Trinajstić information content (AvgIpc) is 3.14. The zero-order chi connectivity index (χ0) is 16.1. The van der Waals surface area contributed by atoms with Crippen LogP contribution in [0.15, 0.2) is 29.0 Å². The second kappa shape index (κ2) is 6.78.